The van der Waals surface area contributed by atoms with Crippen molar-refractivity contribution < 1.29 is 9.50 Å². The minimum atomic E-state index is -0.686. The number of nitrogens with zero attached hydrogens (tertiary/aromatic N) is 2. The summed E-state index contributed by atoms with van der Waals surface area (Å²) >= 11 is 0. The molecule has 0 bridgehead atoms. The van der Waals surface area contributed by atoms with Crippen molar-refractivity contribution in [3.63, 3.8) is 0 Å². The molecule has 3 rings (SSSR count). The van der Waals surface area contributed by atoms with Crippen LogP contribution in [0.3, 0.4) is 0 Å². The number of imidazole rings is 1. The van der Waals surface area contributed by atoms with Crippen LogP contribution in [-0.2, 0) is 13.0 Å². The lowest BCUT2D eigenvalue weighted by Crippen LogP contribution is -2.11. The second-order valence-corrected chi connectivity index (χ2v) is 5.44. The number of hydrogen-bond donors (Lipinski definition) is 1. The highest BCUT2D eigenvalue weighted by Gasteiger charge is 2.15. The number of rotatable bonds is 5. The first kappa shape index (κ1) is 14.7. The van der Waals surface area contributed by atoms with Gasteiger partial charge in [-0.1, -0.05) is 31.2 Å². The molecule has 2 aromatic carbocycles. The third-order valence-electron chi connectivity index (χ3n) is 3.82. The third-order valence-corrected chi connectivity index (χ3v) is 3.82. The standard InChI is InChI=1S/C18H19FN2O/c1-2-5-18-20-15-6-3-4-7-16(15)21(18)12-17(22)13-8-10-14(19)11-9-13/h3-4,6-11,17,22H,2,5,12H2,1H3. The molecule has 3 aromatic rings. The highest BCUT2D eigenvalue weighted by Crippen LogP contribution is 2.22. The van der Waals surface area contributed by atoms with Crippen LogP contribution in [0.4, 0.5) is 4.39 Å². The minimum absolute atomic E-state index is 0.296. The molecule has 1 unspecified atom stereocenters. The Morgan fingerprint density at radius 3 is 2.59 bits per heavy atom. The summed E-state index contributed by atoms with van der Waals surface area (Å²) in [5, 5.41) is 10.5. The molecule has 1 atom stereocenters. The molecule has 114 valence electrons. The lowest BCUT2D eigenvalue weighted by molar-refractivity contribution is 0.156. The number of fused-ring (bicyclic) bond motifs is 1. The third kappa shape index (κ3) is 2.88. The van der Waals surface area contributed by atoms with Gasteiger partial charge in [0, 0.05) is 6.42 Å². The van der Waals surface area contributed by atoms with Gasteiger partial charge in [0.15, 0.2) is 0 Å². The largest absolute Gasteiger partial charge is 0.387 e. The van der Waals surface area contributed by atoms with Crippen molar-refractivity contribution in [3.8, 4) is 0 Å². The quantitative estimate of drug-likeness (QED) is 0.776. The van der Waals surface area contributed by atoms with E-state index in [1.807, 2.05) is 24.3 Å². The maximum absolute atomic E-state index is 13.0. The van der Waals surface area contributed by atoms with Gasteiger partial charge in [-0.15, -0.1) is 0 Å². The Bertz CT molecular complexity index is 764. The molecular weight excluding hydrogens is 279 g/mol. The molecule has 3 nitrogen and oxygen atoms in total. The van der Waals surface area contributed by atoms with E-state index in [0.29, 0.717) is 12.1 Å². The second-order valence-electron chi connectivity index (χ2n) is 5.44. The van der Waals surface area contributed by atoms with Gasteiger partial charge < -0.3 is 9.67 Å². The summed E-state index contributed by atoms with van der Waals surface area (Å²) in [6.07, 6.45) is 1.18. The van der Waals surface area contributed by atoms with Gasteiger partial charge in [0.2, 0.25) is 0 Å². The van der Waals surface area contributed by atoms with Gasteiger partial charge in [0.1, 0.15) is 11.6 Å². The molecule has 1 aromatic heterocycles. The molecule has 0 radical (unpaired) electrons. The number of aryl methyl sites for hydroxylation is 1. The first-order valence-corrected chi connectivity index (χ1v) is 7.56. The van der Waals surface area contributed by atoms with E-state index in [4.69, 9.17) is 0 Å². The van der Waals surface area contributed by atoms with Crippen LogP contribution >= 0.6 is 0 Å². The van der Waals surface area contributed by atoms with Crippen LogP contribution in [0.1, 0.15) is 30.8 Å². The molecule has 1 N–H and O–H groups in total. The van der Waals surface area contributed by atoms with Crippen molar-refractivity contribution >= 4 is 11.0 Å². The van der Waals surface area contributed by atoms with Crippen molar-refractivity contribution in [1.82, 2.24) is 9.55 Å². The predicted octanol–water partition coefficient (Wildman–Crippen LogP) is 3.86. The monoisotopic (exact) mass is 298 g/mol. The van der Waals surface area contributed by atoms with E-state index >= 15 is 0 Å². The van der Waals surface area contributed by atoms with Crippen molar-refractivity contribution in [2.45, 2.75) is 32.4 Å². The molecule has 0 spiro atoms. The summed E-state index contributed by atoms with van der Waals surface area (Å²) in [5.74, 6) is 0.681. The highest BCUT2D eigenvalue weighted by atomic mass is 19.1. The molecule has 4 heteroatoms. The average Bonchev–Trinajstić information content (AvgIpc) is 2.86. The van der Waals surface area contributed by atoms with E-state index in [1.165, 1.54) is 12.1 Å². The van der Waals surface area contributed by atoms with Gasteiger partial charge in [-0.2, -0.15) is 0 Å². The Hall–Kier alpha value is -2.20. The fourth-order valence-electron chi connectivity index (χ4n) is 2.71. The predicted molar refractivity (Wildman–Crippen MR) is 85.1 cm³/mol. The van der Waals surface area contributed by atoms with E-state index < -0.39 is 6.10 Å². The summed E-state index contributed by atoms with van der Waals surface area (Å²) in [7, 11) is 0. The van der Waals surface area contributed by atoms with Crippen molar-refractivity contribution in [2.24, 2.45) is 0 Å². The van der Waals surface area contributed by atoms with Crippen LogP contribution in [0.2, 0.25) is 0 Å². The summed E-state index contributed by atoms with van der Waals surface area (Å²) < 4.78 is 15.1. The Balaban J connectivity index is 1.94. The lowest BCUT2D eigenvalue weighted by atomic mass is 10.1. The Labute approximate surface area is 129 Å². The van der Waals surface area contributed by atoms with E-state index in [0.717, 1.165) is 29.7 Å². The van der Waals surface area contributed by atoms with Gasteiger partial charge in [-0.25, -0.2) is 9.37 Å². The van der Waals surface area contributed by atoms with E-state index in [-0.39, 0.29) is 5.82 Å². The molecular formula is C18H19FN2O. The van der Waals surface area contributed by atoms with Crippen LogP contribution in [-0.4, -0.2) is 14.7 Å². The van der Waals surface area contributed by atoms with Gasteiger partial charge in [0.05, 0.1) is 23.7 Å². The number of aliphatic hydroxyl groups is 1. The van der Waals surface area contributed by atoms with Crippen LogP contribution < -0.4 is 0 Å². The Morgan fingerprint density at radius 1 is 1.14 bits per heavy atom. The first-order valence-electron chi connectivity index (χ1n) is 7.56. The van der Waals surface area contributed by atoms with Crippen LogP contribution in [0, 0.1) is 5.82 Å². The van der Waals surface area contributed by atoms with Crippen molar-refractivity contribution in [2.75, 3.05) is 0 Å². The molecule has 22 heavy (non-hydrogen) atoms. The highest BCUT2D eigenvalue weighted by molar-refractivity contribution is 5.75. The molecule has 0 aliphatic carbocycles. The molecule has 0 saturated carbocycles. The SMILES string of the molecule is CCCc1nc2ccccc2n1CC(O)c1ccc(F)cc1. The van der Waals surface area contributed by atoms with E-state index in [2.05, 4.69) is 16.5 Å². The van der Waals surface area contributed by atoms with Crippen LogP contribution in [0.5, 0.6) is 0 Å². The molecule has 0 saturated heterocycles. The zero-order valence-corrected chi connectivity index (χ0v) is 12.5. The maximum atomic E-state index is 13.0. The molecule has 0 aliphatic heterocycles. The minimum Gasteiger partial charge on any atom is -0.387 e. The topological polar surface area (TPSA) is 38.0 Å². The summed E-state index contributed by atoms with van der Waals surface area (Å²) in [5.41, 5.74) is 2.67. The summed E-state index contributed by atoms with van der Waals surface area (Å²) in [6, 6.07) is 13.9. The van der Waals surface area contributed by atoms with Gasteiger partial charge in [-0.3, -0.25) is 0 Å². The average molecular weight is 298 g/mol. The zero-order valence-electron chi connectivity index (χ0n) is 12.5. The smallest absolute Gasteiger partial charge is 0.123 e. The zero-order chi connectivity index (χ0) is 15.5. The fraction of sp³-hybridized carbons (Fsp3) is 0.278. The Morgan fingerprint density at radius 2 is 1.86 bits per heavy atom. The number of aromatic nitrogens is 2. The second kappa shape index (κ2) is 6.28. The van der Waals surface area contributed by atoms with Gasteiger partial charge in [-0.05, 0) is 36.2 Å². The lowest BCUT2D eigenvalue weighted by Gasteiger charge is -2.15. The Kier molecular flexibility index (Phi) is 4.20. The molecule has 0 aliphatic rings. The van der Waals surface area contributed by atoms with Crippen LogP contribution in [0.25, 0.3) is 11.0 Å². The number of hydrogen-bond acceptors (Lipinski definition) is 2. The number of para-hydroxylation sites is 2. The van der Waals surface area contributed by atoms with Crippen molar-refractivity contribution in [1.29, 1.82) is 0 Å². The normalized spacial score (nSPS) is 12.7. The van der Waals surface area contributed by atoms with Gasteiger partial charge in [0.25, 0.3) is 0 Å². The molecule has 1 heterocycles. The number of aliphatic hydroxyl groups excluding tert-OH is 1. The fourth-order valence-corrected chi connectivity index (χ4v) is 2.71. The molecule has 0 fully saturated rings. The van der Waals surface area contributed by atoms with Crippen molar-refractivity contribution in [3.05, 3.63) is 65.7 Å². The van der Waals surface area contributed by atoms with E-state index in [9.17, 15) is 9.50 Å². The van der Waals surface area contributed by atoms with Gasteiger partial charge >= 0.3 is 0 Å². The van der Waals surface area contributed by atoms with Crippen LogP contribution in [0.15, 0.2) is 48.5 Å². The number of halogens is 1. The molecule has 0 amide bonds. The van der Waals surface area contributed by atoms with E-state index in [1.54, 1.807) is 12.1 Å². The first-order chi connectivity index (χ1) is 10.7. The summed E-state index contributed by atoms with van der Waals surface area (Å²) in [6.45, 7) is 2.53. The maximum Gasteiger partial charge on any atom is 0.123 e. The summed E-state index contributed by atoms with van der Waals surface area (Å²) in [4.78, 5) is 4.66. The number of benzene rings is 2.